The Labute approximate surface area is 725 Å². The Morgan fingerprint density at radius 1 is 0.317 bits per heavy atom. The number of carbonyl (C=O) groups is 14. The van der Waals surface area contributed by atoms with Crippen molar-refractivity contribution in [3.05, 3.63) is 296 Å². The number of benzene rings is 10. The number of anilines is 1. The third kappa shape index (κ3) is 17.2. The molecule has 0 aliphatic heterocycles. The summed E-state index contributed by atoms with van der Waals surface area (Å²) >= 11 is 0. The summed E-state index contributed by atoms with van der Waals surface area (Å²) < 4.78 is 46.2. The number of methoxy groups -OCH3 is 9. The van der Waals surface area contributed by atoms with E-state index in [0.29, 0.717) is 28.5 Å². The predicted octanol–water partition coefficient (Wildman–Crippen LogP) is 5.93. The summed E-state index contributed by atoms with van der Waals surface area (Å²) in [6.07, 6.45) is 0. The quantitative estimate of drug-likeness (QED) is 0.0236. The SMILES string of the molecule is C.C.COC(=O)c1cc(OC)c2c(c1)C(=O)c1cccc(OC)c1C2=O.COc1cccc2c1C(=O)c1c(OC)cc(C(=O)N=[N+]=[N-])cc1C2=O.COc1cccc2c1C(=O)c1c(OC)cc(C(=O)O)cc1C2=O.COc1cccc2c1C(=O)c1c(OC)cc(N)cc1C2=O.O=C(O)c1cc(O)c2c(c1)C(=O)c1cccc(O)c1C2=O.[Na+].[Na+].[OH-].[OH-]. The first-order valence-electron chi connectivity index (χ1n) is 33.2. The van der Waals surface area contributed by atoms with Crippen molar-refractivity contribution in [2.75, 3.05) is 69.7 Å². The van der Waals surface area contributed by atoms with Gasteiger partial charge in [-0.25, -0.2) is 14.4 Å². The molecule has 0 fully saturated rings. The van der Waals surface area contributed by atoms with Crippen molar-refractivity contribution < 1.29 is 200 Å². The van der Waals surface area contributed by atoms with Crippen LogP contribution < -0.4 is 103 Å². The number of aromatic carboxylic acids is 2. The van der Waals surface area contributed by atoms with Gasteiger partial charge >= 0.3 is 77.0 Å². The number of phenols is 2. The van der Waals surface area contributed by atoms with Crippen molar-refractivity contribution in [2.24, 2.45) is 5.11 Å². The second-order valence-electron chi connectivity index (χ2n) is 24.5. The van der Waals surface area contributed by atoms with Crippen LogP contribution in [0.5, 0.6) is 57.5 Å². The molecule has 0 saturated heterocycles. The molecule has 5 aliphatic rings. The van der Waals surface area contributed by atoms with Crippen LogP contribution in [-0.4, -0.2) is 177 Å². The molecule has 120 heavy (non-hydrogen) atoms. The van der Waals surface area contributed by atoms with Crippen molar-refractivity contribution in [1.29, 1.82) is 0 Å². The van der Waals surface area contributed by atoms with E-state index in [0.717, 1.165) is 12.1 Å². The van der Waals surface area contributed by atoms with E-state index in [2.05, 4.69) is 14.8 Å². The van der Waals surface area contributed by atoms with Gasteiger partial charge in [-0.05, 0) is 95.6 Å². The number of aromatic hydroxyl groups is 2. The molecule has 10 aromatic rings. The van der Waals surface area contributed by atoms with Gasteiger partial charge in [0.2, 0.25) is 34.8 Å². The van der Waals surface area contributed by atoms with Crippen LogP contribution in [-0.2, 0) is 4.74 Å². The molecule has 0 atom stereocenters. The monoisotopic (exact) mass is 1650 g/mol. The first-order chi connectivity index (χ1) is 54.5. The number of hydrogen-bond donors (Lipinski definition) is 5. The molecule has 0 radical (unpaired) electrons. The predicted molar refractivity (Wildman–Crippen MR) is 415 cm³/mol. The van der Waals surface area contributed by atoms with Crippen LogP contribution >= 0.6 is 0 Å². The summed E-state index contributed by atoms with van der Waals surface area (Å²) in [5.74, 6) is -7.61. The van der Waals surface area contributed by atoms with E-state index >= 15 is 0 Å². The number of phenolic OH excluding ortho intramolecular Hbond substituents is 2. The van der Waals surface area contributed by atoms with E-state index in [-0.39, 0.29) is 271 Å². The zero-order valence-corrected chi connectivity index (χ0v) is 67.9. The van der Waals surface area contributed by atoms with Crippen molar-refractivity contribution in [3.8, 4) is 57.5 Å². The van der Waals surface area contributed by atoms with Gasteiger partial charge in [-0.15, -0.1) is 0 Å². The fourth-order valence-corrected chi connectivity index (χ4v) is 13.3. The minimum absolute atomic E-state index is 0. The summed E-state index contributed by atoms with van der Waals surface area (Å²) in [6, 6.07) is 35.8. The van der Waals surface area contributed by atoms with Crippen LogP contribution in [0.2, 0.25) is 0 Å². The first-order valence-corrected chi connectivity index (χ1v) is 33.2. The standard InChI is InChI=1S/C18H14O6.C17H11N3O5.C17H12O6.C16H13NO4.C15H8O6.2CH4.2Na.2H2O/c1-22-12-6-4-5-10-14(12)17(20)15-11(16(10)19)7-9(18(21)24-3)8-13(15)23-2;1-24-11-5-3-4-9-13(11)16(22)14-10(15(9)21)6-8(7-12(14)25-2)17(23)19-20-18;1-22-11-5-3-4-9-13(11)16(19)14-10(15(9)18)6-8(17(20)21)7-12(14)23-2;1-20-11-5-3-4-9-13(11)16(19)14-10(15(9)18)6-8(17)7-12(14)21-2;16-9-3-1-2-7-11(9)14(19)12-8(13(7)18)4-6(15(20)21)5-10(12)17;;;;;;/h4-8H,1-3H3;3-7H,1-2H3;3-7H,1-2H3,(H,20,21);3-7H,17H2,1-2H3;1-5,16-17H,(H,20,21);2*1H4;;;2*1H2/q;;;;;;;2*+1;;/p-2. The minimum atomic E-state index is -1.32. The second kappa shape index (κ2) is 39.8. The number of nitrogens with zero attached hydrogens (tertiary/aromatic N) is 3. The Hall–Kier alpha value is -14.0. The molecule has 604 valence electrons. The number of hydrogen-bond acceptors (Lipinski definition) is 28. The minimum Gasteiger partial charge on any atom is -0.870 e. The molecule has 0 bridgehead atoms. The average molecular weight is 1660 g/mol. The Bertz CT molecular complexity index is 6060. The van der Waals surface area contributed by atoms with E-state index in [1.54, 1.807) is 60.7 Å². The smallest absolute Gasteiger partial charge is 0.870 e. The number of carbonyl (C=O) groups excluding carboxylic acids is 12. The number of esters is 1. The van der Waals surface area contributed by atoms with Gasteiger partial charge in [0, 0.05) is 77.9 Å². The summed E-state index contributed by atoms with van der Waals surface area (Å²) in [6.45, 7) is 0. The molecular weight excluding hydrogens is 1590 g/mol. The maximum atomic E-state index is 12.9. The van der Waals surface area contributed by atoms with E-state index in [1.807, 2.05) is 0 Å². The second-order valence-corrected chi connectivity index (χ2v) is 24.5. The number of ether oxygens (including phenoxy) is 9. The first kappa shape index (κ1) is 96.6. The molecule has 0 heterocycles. The van der Waals surface area contributed by atoms with Crippen molar-refractivity contribution in [2.45, 2.75) is 14.9 Å². The van der Waals surface area contributed by atoms with Crippen LogP contribution in [0.25, 0.3) is 10.4 Å². The zero-order chi connectivity index (χ0) is 82.7. The number of ketones is 10. The van der Waals surface area contributed by atoms with Gasteiger partial charge in [-0.1, -0.05) is 75.5 Å². The molecule has 8 N–H and O–H groups in total. The van der Waals surface area contributed by atoms with E-state index in [9.17, 15) is 77.3 Å². The van der Waals surface area contributed by atoms with Gasteiger partial charge < -0.3 is 79.7 Å². The molecule has 5 aliphatic carbocycles. The fraction of sp³-hybridized carbons (Fsp3) is 0.129. The normalized spacial score (nSPS) is 11.8. The number of rotatable bonds is 12. The molecule has 0 saturated carbocycles. The Morgan fingerprint density at radius 2 is 0.567 bits per heavy atom. The van der Waals surface area contributed by atoms with Crippen molar-refractivity contribution in [3.63, 3.8) is 0 Å². The number of amides is 1. The number of nitrogens with two attached hydrogens (primary N) is 1. The molecule has 15 rings (SSSR count). The van der Waals surface area contributed by atoms with Gasteiger partial charge in [-0.3, -0.25) is 52.7 Å². The van der Waals surface area contributed by atoms with Crippen LogP contribution in [0, 0.1) is 0 Å². The third-order valence-corrected chi connectivity index (χ3v) is 18.5. The van der Waals surface area contributed by atoms with Gasteiger partial charge in [0.05, 0.1) is 136 Å². The van der Waals surface area contributed by atoms with Crippen molar-refractivity contribution >= 4 is 87.3 Å². The van der Waals surface area contributed by atoms with Crippen LogP contribution in [0.1, 0.15) is 215 Å². The van der Waals surface area contributed by atoms with Gasteiger partial charge in [0.1, 0.15) is 57.5 Å². The van der Waals surface area contributed by atoms with Gasteiger partial charge in [0.15, 0.2) is 28.9 Å². The molecular formula is C85H68N4Na2O29. The van der Waals surface area contributed by atoms with E-state index in [4.69, 9.17) is 59.4 Å². The molecule has 0 aromatic heterocycles. The molecule has 10 aromatic carbocycles. The maximum Gasteiger partial charge on any atom is 1.00 e. The summed E-state index contributed by atoms with van der Waals surface area (Å²) in [4.78, 5) is 176. The summed E-state index contributed by atoms with van der Waals surface area (Å²) in [5.41, 5.74) is 16.1. The molecule has 1 amide bonds. The Morgan fingerprint density at radius 3 is 0.892 bits per heavy atom. The molecule has 0 unspecified atom stereocenters. The van der Waals surface area contributed by atoms with E-state index in [1.165, 1.54) is 143 Å². The van der Waals surface area contributed by atoms with Gasteiger partial charge in [-0.2, -0.15) is 0 Å². The number of fused-ring (bicyclic) bond motifs is 10. The summed E-state index contributed by atoms with van der Waals surface area (Å²) in [7, 11) is 12.4. The summed E-state index contributed by atoms with van der Waals surface area (Å²) in [5, 5.41) is 40.8. The van der Waals surface area contributed by atoms with Crippen LogP contribution in [0.4, 0.5) is 5.69 Å². The number of azide groups is 1. The third-order valence-electron chi connectivity index (χ3n) is 18.5. The number of nitrogen functional groups attached to an aromatic ring is 1. The Kier molecular flexibility index (Phi) is 32.0. The molecule has 0 spiro atoms. The van der Waals surface area contributed by atoms with Crippen LogP contribution in [0.3, 0.4) is 0 Å². The van der Waals surface area contributed by atoms with Gasteiger partial charge in [0.25, 0.3) is 0 Å². The zero-order valence-electron chi connectivity index (χ0n) is 63.9. The van der Waals surface area contributed by atoms with Crippen molar-refractivity contribution in [1.82, 2.24) is 0 Å². The van der Waals surface area contributed by atoms with E-state index < -0.39 is 64.3 Å². The molecule has 35 heteroatoms. The largest absolute Gasteiger partial charge is 1.00 e. The topological polar surface area (TPSA) is 538 Å². The van der Waals surface area contributed by atoms with Crippen LogP contribution in [0.15, 0.2) is 157 Å². The average Bonchev–Trinajstić information content (AvgIpc) is 0.770. The fourth-order valence-electron chi connectivity index (χ4n) is 13.3. The maximum absolute atomic E-state index is 12.9. The number of carboxylic acid groups (broad SMARTS) is 2. The number of carboxylic acids is 2. The Balaban J connectivity index is 0.000000264. The molecule has 33 nitrogen and oxygen atoms in total.